The van der Waals surface area contributed by atoms with E-state index in [2.05, 4.69) is 70.2 Å². The summed E-state index contributed by atoms with van der Waals surface area (Å²) in [4.78, 5) is 20.0. The number of benzene rings is 2. The van der Waals surface area contributed by atoms with Crippen LogP contribution in [-0.4, -0.2) is 21.6 Å². The van der Waals surface area contributed by atoms with Crippen LogP contribution >= 0.6 is 11.3 Å². The average Bonchev–Trinajstić information content (AvgIpc) is 3.39. The molecule has 3 aromatic heterocycles. The molecule has 0 aliphatic heterocycles. The number of nitrogens with zero attached hydrogens (tertiary/aromatic N) is 4. The summed E-state index contributed by atoms with van der Waals surface area (Å²) in [5.41, 5.74) is 19.8. The molecule has 0 fully saturated rings. The number of aromatic nitrogens is 2. The fraction of sp³-hybridized carbons (Fsp3) is 0.0667. The summed E-state index contributed by atoms with van der Waals surface area (Å²) in [5.74, 6) is 0.799. The number of hydrogen-bond acceptors (Lipinski definition) is 5. The summed E-state index contributed by atoms with van der Waals surface area (Å²) in [5, 5.41) is 0. The highest BCUT2D eigenvalue weighted by Gasteiger charge is 2.11. The molecule has 0 saturated heterocycles. The first-order valence-corrected chi connectivity index (χ1v) is 12.6. The van der Waals surface area contributed by atoms with Crippen molar-refractivity contribution in [1.82, 2.24) is 9.97 Å². The maximum absolute atomic E-state index is 6.15. The fourth-order valence-electron chi connectivity index (χ4n) is 4.04. The molecule has 0 amide bonds. The Hall–Kier alpha value is -4.62. The minimum atomic E-state index is 0.399. The molecule has 0 atom stereocenters. The number of pyridine rings is 2. The SMILES string of the molecule is Cc1cc(N=C(N)c2ccccn2)ccc1-c1ccc(-c2ccc(N=C(N)c3ccccn3)cc2C)s1. The van der Waals surface area contributed by atoms with E-state index in [0.717, 1.165) is 22.5 Å². The quantitative estimate of drug-likeness (QED) is 0.203. The summed E-state index contributed by atoms with van der Waals surface area (Å²) in [6, 6.07) is 27.8. The van der Waals surface area contributed by atoms with Crippen molar-refractivity contribution in [2.45, 2.75) is 13.8 Å². The van der Waals surface area contributed by atoms with Crippen molar-refractivity contribution in [3.63, 3.8) is 0 Å². The third-order valence-corrected chi connectivity index (χ3v) is 7.06. The van der Waals surface area contributed by atoms with Gasteiger partial charge in [-0.05, 0) is 96.8 Å². The summed E-state index contributed by atoms with van der Waals surface area (Å²) < 4.78 is 0. The lowest BCUT2D eigenvalue weighted by Crippen LogP contribution is -2.14. The summed E-state index contributed by atoms with van der Waals surface area (Å²) in [7, 11) is 0. The standard InChI is InChI=1S/C30H26N6S/c1-19-17-21(35-29(31)25-7-3-5-15-33-25)9-11-23(19)27-13-14-28(37-27)24-12-10-22(18-20(24)2)36-30(32)26-8-4-6-16-34-26/h3-18H,1-2H3,(H2,31,35)(H2,32,36). The van der Waals surface area contributed by atoms with Crippen LogP contribution in [0.5, 0.6) is 0 Å². The van der Waals surface area contributed by atoms with Crippen molar-refractivity contribution >= 4 is 34.4 Å². The number of nitrogens with two attached hydrogens (primary N) is 2. The van der Waals surface area contributed by atoms with Gasteiger partial charge in [0.1, 0.15) is 23.1 Å². The molecule has 0 spiro atoms. The molecule has 0 bridgehead atoms. The second-order valence-corrected chi connectivity index (χ2v) is 9.67. The van der Waals surface area contributed by atoms with E-state index in [-0.39, 0.29) is 0 Å². The van der Waals surface area contributed by atoms with Gasteiger partial charge in [-0.3, -0.25) is 9.97 Å². The fourth-order valence-corrected chi connectivity index (χ4v) is 5.22. The van der Waals surface area contributed by atoms with Gasteiger partial charge in [-0.25, -0.2) is 9.98 Å². The van der Waals surface area contributed by atoms with E-state index in [9.17, 15) is 0 Å². The van der Waals surface area contributed by atoms with Gasteiger partial charge in [-0.2, -0.15) is 0 Å². The molecule has 7 heteroatoms. The van der Waals surface area contributed by atoms with Crippen molar-refractivity contribution in [1.29, 1.82) is 0 Å². The molecule has 5 aromatic rings. The lowest BCUT2D eigenvalue weighted by Gasteiger charge is -2.07. The lowest BCUT2D eigenvalue weighted by molar-refractivity contribution is 1.27. The molecule has 0 aliphatic rings. The summed E-state index contributed by atoms with van der Waals surface area (Å²) in [6.07, 6.45) is 3.42. The molecule has 6 nitrogen and oxygen atoms in total. The molecule has 0 saturated carbocycles. The average molecular weight is 503 g/mol. The molecule has 182 valence electrons. The van der Waals surface area contributed by atoms with Crippen LogP contribution in [0.1, 0.15) is 22.5 Å². The highest BCUT2D eigenvalue weighted by molar-refractivity contribution is 7.18. The molecule has 2 aromatic carbocycles. The van der Waals surface area contributed by atoms with Crippen LogP contribution in [0.2, 0.25) is 0 Å². The molecule has 3 heterocycles. The van der Waals surface area contributed by atoms with Crippen molar-refractivity contribution in [3.05, 3.63) is 120 Å². The maximum Gasteiger partial charge on any atom is 0.150 e. The van der Waals surface area contributed by atoms with Gasteiger partial charge in [-0.1, -0.05) is 24.3 Å². The van der Waals surface area contributed by atoms with Gasteiger partial charge in [0.15, 0.2) is 0 Å². The van der Waals surface area contributed by atoms with E-state index < -0.39 is 0 Å². The number of thiophene rings is 1. The van der Waals surface area contributed by atoms with Crippen LogP contribution in [0.3, 0.4) is 0 Å². The van der Waals surface area contributed by atoms with Gasteiger partial charge in [0, 0.05) is 22.1 Å². The third-order valence-electron chi connectivity index (χ3n) is 5.91. The number of aryl methyl sites for hydroxylation is 2. The van der Waals surface area contributed by atoms with Crippen LogP contribution in [0, 0.1) is 13.8 Å². The minimum Gasteiger partial charge on any atom is -0.382 e. The Morgan fingerprint density at radius 3 is 1.46 bits per heavy atom. The van der Waals surface area contributed by atoms with Gasteiger partial charge in [0.2, 0.25) is 0 Å². The predicted octanol–water partition coefficient (Wildman–Crippen LogP) is 6.56. The zero-order valence-corrected chi connectivity index (χ0v) is 21.4. The Morgan fingerprint density at radius 2 is 1.08 bits per heavy atom. The number of rotatable bonds is 6. The van der Waals surface area contributed by atoms with Crippen LogP contribution in [0.15, 0.2) is 107 Å². The Labute approximate surface area is 220 Å². The smallest absolute Gasteiger partial charge is 0.150 e. The van der Waals surface area contributed by atoms with Crippen molar-refractivity contribution in [2.24, 2.45) is 21.5 Å². The van der Waals surface area contributed by atoms with Gasteiger partial charge < -0.3 is 11.5 Å². The Kier molecular flexibility index (Phi) is 6.87. The van der Waals surface area contributed by atoms with E-state index in [4.69, 9.17) is 11.5 Å². The number of amidine groups is 2. The van der Waals surface area contributed by atoms with Crippen LogP contribution < -0.4 is 11.5 Å². The number of aliphatic imine (C=N–C) groups is 2. The Bertz CT molecular complexity index is 1480. The van der Waals surface area contributed by atoms with E-state index >= 15 is 0 Å². The second-order valence-electron chi connectivity index (χ2n) is 8.59. The van der Waals surface area contributed by atoms with Crippen molar-refractivity contribution < 1.29 is 0 Å². The van der Waals surface area contributed by atoms with Crippen molar-refractivity contribution in [2.75, 3.05) is 0 Å². The molecule has 0 unspecified atom stereocenters. The zero-order valence-electron chi connectivity index (χ0n) is 20.6. The molecule has 4 N–H and O–H groups in total. The lowest BCUT2D eigenvalue weighted by atomic mass is 10.1. The van der Waals surface area contributed by atoms with E-state index in [1.807, 2.05) is 48.5 Å². The highest BCUT2D eigenvalue weighted by atomic mass is 32.1. The first-order chi connectivity index (χ1) is 18.0. The maximum atomic E-state index is 6.15. The van der Waals surface area contributed by atoms with E-state index in [0.29, 0.717) is 23.1 Å². The van der Waals surface area contributed by atoms with Gasteiger partial charge in [0.05, 0.1) is 11.4 Å². The zero-order chi connectivity index (χ0) is 25.8. The largest absolute Gasteiger partial charge is 0.382 e. The van der Waals surface area contributed by atoms with E-state index in [1.54, 1.807) is 23.7 Å². The minimum absolute atomic E-state index is 0.399. The summed E-state index contributed by atoms with van der Waals surface area (Å²) in [6.45, 7) is 4.18. The van der Waals surface area contributed by atoms with Gasteiger partial charge in [-0.15, -0.1) is 11.3 Å². The molecule has 0 radical (unpaired) electrons. The molecular formula is C30H26N6S. The molecule has 0 aliphatic carbocycles. The Balaban J connectivity index is 1.37. The van der Waals surface area contributed by atoms with Crippen LogP contribution in [0.4, 0.5) is 11.4 Å². The van der Waals surface area contributed by atoms with E-state index in [1.165, 1.54) is 20.9 Å². The van der Waals surface area contributed by atoms with Crippen molar-refractivity contribution in [3.8, 4) is 20.9 Å². The monoisotopic (exact) mass is 502 g/mol. The van der Waals surface area contributed by atoms with Gasteiger partial charge in [0.25, 0.3) is 0 Å². The molecule has 37 heavy (non-hydrogen) atoms. The molecule has 5 rings (SSSR count). The van der Waals surface area contributed by atoms with Crippen LogP contribution in [-0.2, 0) is 0 Å². The normalized spacial score (nSPS) is 12.1. The predicted molar refractivity (Wildman–Crippen MR) is 154 cm³/mol. The number of hydrogen-bond donors (Lipinski definition) is 2. The molecular weight excluding hydrogens is 476 g/mol. The van der Waals surface area contributed by atoms with Gasteiger partial charge >= 0.3 is 0 Å². The first kappa shape index (κ1) is 24.1. The summed E-state index contributed by atoms with van der Waals surface area (Å²) >= 11 is 1.76. The van der Waals surface area contributed by atoms with Crippen LogP contribution in [0.25, 0.3) is 20.9 Å². The first-order valence-electron chi connectivity index (χ1n) is 11.8. The Morgan fingerprint density at radius 1 is 0.622 bits per heavy atom. The highest BCUT2D eigenvalue weighted by Crippen LogP contribution is 2.38. The third kappa shape index (κ3) is 5.47. The topological polar surface area (TPSA) is 103 Å². The second kappa shape index (κ2) is 10.6.